The van der Waals surface area contributed by atoms with Gasteiger partial charge in [-0.3, -0.25) is 4.79 Å². The van der Waals surface area contributed by atoms with Gasteiger partial charge in [0.15, 0.2) is 16.4 Å². The normalized spacial score (nSPS) is 11.8. The van der Waals surface area contributed by atoms with Gasteiger partial charge < -0.3 is 15.2 Å². The molecule has 0 unspecified atom stereocenters. The van der Waals surface area contributed by atoms with Gasteiger partial charge in [-0.25, -0.2) is 13.2 Å². The largest absolute Gasteiger partial charge is 0.482 e. The number of carbonyl (C=O) groups excluding carboxylic acids is 1. The fourth-order valence-electron chi connectivity index (χ4n) is 1.45. The number of carboxylic acid groups (broad SMARTS) is 1. The summed E-state index contributed by atoms with van der Waals surface area (Å²) in [6.07, 6.45) is 1.01. The zero-order chi connectivity index (χ0) is 17.0. The topological polar surface area (TPSA) is 110 Å². The standard InChI is InChI=1S/C14H19NO6S/c1-14(2,22(3,19)20)13(18)15-8-10-5-4-6-11(7-10)21-9-12(16)17/h4-7H,8-9H2,1-3H3,(H,15,18)(H,16,17). The maximum absolute atomic E-state index is 12.0. The Morgan fingerprint density at radius 2 is 1.95 bits per heavy atom. The highest BCUT2D eigenvalue weighted by Gasteiger charge is 2.38. The van der Waals surface area contributed by atoms with Crippen molar-refractivity contribution in [1.82, 2.24) is 5.32 Å². The highest BCUT2D eigenvalue weighted by Crippen LogP contribution is 2.16. The summed E-state index contributed by atoms with van der Waals surface area (Å²) in [4.78, 5) is 22.4. The summed E-state index contributed by atoms with van der Waals surface area (Å²) in [6, 6.07) is 6.53. The molecule has 0 spiro atoms. The van der Waals surface area contributed by atoms with E-state index in [1.54, 1.807) is 24.3 Å². The van der Waals surface area contributed by atoms with Gasteiger partial charge >= 0.3 is 5.97 Å². The Balaban J connectivity index is 2.71. The van der Waals surface area contributed by atoms with Gasteiger partial charge in [0.05, 0.1) is 0 Å². The van der Waals surface area contributed by atoms with Crippen molar-refractivity contribution < 1.29 is 27.9 Å². The Kier molecular flexibility index (Phi) is 5.54. The van der Waals surface area contributed by atoms with Crippen molar-refractivity contribution in [3.63, 3.8) is 0 Å². The van der Waals surface area contributed by atoms with Crippen LogP contribution in [0, 0.1) is 0 Å². The van der Waals surface area contributed by atoms with Crippen molar-refractivity contribution in [2.24, 2.45) is 0 Å². The fraction of sp³-hybridized carbons (Fsp3) is 0.429. The number of hydrogen-bond acceptors (Lipinski definition) is 5. The van der Waals surface area contributed by atoms with Crippen molar-refractivity contribution in [1.29, 1.82) is 0 Å². The Bertz CT molecular complexity index is 666. The minimum Gasteiger partial charge on any atom is -0.482 e. The molecule has 22 heavy (non-hydrogen) atoms. The molecule has 0 aliphatic carbocycles. The summed E-state index contributed by atoms with van der Waals surface area (Å²) in [5.41, 5.74) is 0.667. The molecule has 0 atom stereocenters. The first-order valence-corrected chi connectivity index (χ1v) is 8.34. The van der Waals surface area contributed by atoms with Gasteiger partial charge in [0.1, 0.15) is 10.5 Å². The number of nitrogens with one attached hydrogen (secondary N) is 1. The summed E-state index contributed by atoms with van der Waals surface area (Å²) in [5.74, 6) is -1.34. The van der Waals surface area contributed by atoms with Crippen LogP contribution in [0.1, 0.15) is 19.4 Å². The second-order valence-corrected chi connectivity index (χ2v) is 7.86. The first-order chi connectivity index (χ1) is 10.0. The third kappa shape index (κ3) is 4.73. The molecule has 0 aliphatic heterocycles. The van der Waals surface area contributed by atoms with E-state index in [-0.39, 0.29) is 6.54 Å². The number of amides is 1. The Hall–Kier alpha value is -2.09. The molecule has 0 aromatic heterocycles. The van der Waals surface area contributed by atoms with Crippen LogP contribution in [0.5, 0.6) is 5.75 Å². The highest BCUT2D eigenvalue weighted by atomic mass is 32.2. The molecule has 1 rings (SSSR count). The zero-order valence-electron chi connectivity index (χ0n) is 12.6. The van der Waals surface area contributed by atoms with Crippen molar-refractivity contribution in [2.45, 2.75) is 25.1 Å². The lowest BCUT2D eigenvalue weighted by Gasteiger charge is -2.21. The summed E-state index contributed by atoms with van der Waals surface area (Å²) >= 11 is 0. The van der Waals surface area contributed by atoms with Gasteiger partial charge in [-0.05, 0) is 31.5 Å². The number of benzene rings is 1. The van der Waals surface area contributed by atoms with Gasteiger partial charge in [-0.2, -0.15) is 0 Å². The second kappa shape index (κ2) is 6.78. The number of hydrogen-bond donors (Lipinski definition) is 2. The van der Waals surface area contributed by atoms with Crippen LogP contribution in [-0.2, 0) is 26.0 Å². The van der Waals surface area contributed by atoms with E-state index in [2.05, 4.69) is 5.32 Å². The summed E-state index contributed by atoms with van der Waals surface area (Å²) < 4.78 is 26.6. The van der Waals surface area contributed by atoms with E-state index in [0.717, 1.165) is 6.26 Å². The number of aliphatic carboxylic acids is 1. The predicted octanol–water partition coefficient (Wildman–Crippen LogP) is 0.589. The first kappa shape index (κ1) is 18.0. The van der Waals surface area contributed by atoms with Crippen molar-refractivity contribution >= 4 is 21.7 Å². The molecule has 1 aromatic rings. The number of carbonyl (C=O) groups is 2. The molecule has 0 heterocycles. The molecule has 122 valence electrons. The molecule has 1 amide bonds. The quantitative estimate of drug-likeness (QED) is 0.757. The van der Waals surface area contributed by atoms with Gasteiger partial charge in [0.2, 0.25) is 5.91 Å². The molecular weight excluding hydrogens is 310 g/mol. The Morgan fingerprint density at radius 1 is 1.32 bits per heavy atom. The van der Waals surface area contributed by atoms with Crippen molar-refractivity contribution in [3.05, 3.63) is 29.8 Å². The van der Waals surface area contributed by atoms with Crippen LogP contribution >= 0.6 is 0 Å². The second-order valence-electron chi connectivity index (χ2n) is 5.29. The van der Waals surface area contributed by atoms with Crippen molar-refractivity contribution in [3.8, 4) is 5.75 Å². The van der Waals surface area contributed by atoms with E-state index in [0.29, 0.717) is 11.3 Å². The lowest BCUT2D eigenvalue weighted by Crippen LogP contribution is -2.47. The average molecular weight is 329 g/mol. The van der Waals surface area contributed by atoms with E-state index < -0.39 is 33.1 Å². The summed E-state index contributed by atoms with van der Waals surface area (Å²) in [5, 5.41) is 11.1. The van der Waals surface area contributed by atoms with Gasteiger partial charge in [0, 0.05) is 12.8 Å². The maximum atomic E-state index is 12.0. The number of carboxylic acids is 1. The van der Waals surface area contributed by atoms with Gasteiger partial charge in [-0.15, -0.1) is 0 Å². The van der Waals surface area contributed by atoms with Crippen LogP contribution in [0.2, 0.25) is 0 Å². The highest BCUT2D eigenvalue weighted by molar-refractivity contribution is 7.92. The van der Waals surface area contributed by atoms with E-state index in [1.165, 1.54) is 13.8 Å². The van der Waals surface area contributed by atoms with E-state index in [1.807, 2.05) is 0 Å². The predicted molar refractivity (Wildman–Crippen MR) is 80.3 cm³/mol. The summed E-state index contributed by atoms with van der Waals surface area (Å²) in [6.45, 7) is 2.33. The monoisotopic (exact) mass is 329 g/mol. The average Bonchev–Trinajstić information content (AvgIpc) is 2.41. The minimum absolute atomic E-state index is 0.113. The Morgan fingerprint density at radius 3 is 2.50 bits per heavy atom. The number of rotatable bonds is 7. The summed E-state index contributed by atoms with van der Waals surface area (Å²) in [7, 11) is -3.53. The molecule has 0 saturated carbocycles. The molecule has 1 aromatic carbocycles. The van der Waals surface area contributed by atoms with Gasteiger partial charge in [-0.1, -0.05) is 12.1 Å². The van der Waals surface area contributed by atoms with Gasteiger partial charge in [0.25, 0.3) is 0 Å². The smallest absolute Gasteiger partial charge is 0.341 e. The number of sulfone groups is 1. The third-order valence-electron chi connectivity index (χ3n) is 3.19. The molecule has 0 bridgehead atoms. The van der Waals surface area contributed by atoms with Crippen LogP contribution in [-0.4, -0.2) is 43.0 Å². The zero-order valence-corrected chi connectivity index (χ0v) is 13.4. The van der Waals surface area contributed by atoms with Crippen molar-refractivity contribution in [2.75, 3.05) is 12.9 Å². The minimum atomic E-state index is -3.53. The molecule has 0 radical (unpaired) electrons. The fourth-order valence-corrected chi connectivity index (χ4v) is 1.86. The van der Waals surface area contributed by atoms with Crippen LogP contribution < -0.4 is 10.1 Å². The molecule has 0 fully saturated rings. The molecular formula is C14H19NO6S. The molecule has 2 N–H and O–H groups in total. The van der Waals surface area contributed by atoms with E-state index in [4.69, 9.17) is 9.84 Å². The Labute approximate surface area is 129 Å². The first-order valence-electron chi connectivity index (χ1n) is 6.45. The lowest BCUT2D eigenvalue weighted by atomic mass is 10.1. The maximum Gasteiger partial charge on any atom is 0.341 e. The van der Waals surface area contributed by atoms with Crippen LogP contribution in [0.25, 0.3) is 0 Å². The number of ether oxygens (including phenoxy) is 1. The molecule has 0 saturated heterocycles. The van der Waals surface area contributed by atoms with Crippen LogP contribution in [0.15, 0.2) is 24.3 Å². The molecule has 7 nitrogen and oxygen atoms in total. The lowest BCUT2D eigenvalue weighted by molar-refractivity contribution is -0.139. The van der Waals surface area contributed by atoms with Crippen LogP contribution in [0.3, 0.4) is 0 Å². The van der Waals surface area contributed by atoms with E-state index in [9.17, 15) is 18.0 Å². The van der Waals surface area contributed by atoms with E-state index >= 15 is 0 Å². The van der Waals surface area contributed by atoms with Crippen LogP contribution in [0.4, 0.5) is 0 Å². The SMILES string of the molecule is CC(C)(C(=O)NCc1cccc(OCC(=O)O)c1)S(C)(=O)=O. The molecule has 0 aliphatic rings. The third-order valence-corrected chi connectivity index (χ3v) is 5.23. The molecule has 8 heteroatoms.